The lowest BCUT2D eigenvalue weighted by Gasteiger charge is -2.42. The van der Waals surface area contributed by atoms with Crippen LogP contribution in [0.4, 0.5) is 9.39 Å². The molecule has 1 fully saturated rings. The molecule has 1 saturated heterocycles. The predicted octanol–water partition coefficient (Wildman–Crippen LogP) is 6.62. The highest BCUT2D eigenvalue weighted by Gasteiger charge is 2.31. The summed E-state index contributed by atoms with van der Waals surface area (Å²) in [5.41, 5.74) is 1.02. The highest BCUT2D eigenvalue weighted by atomic mass is 35.5. The molecule has 0 aliphatic carbocycles. The van der Waals surface area contributed by atoms with Gasteiger partial charge in [0, 0.05) is 36.6 Å². The van der Waals surface area contributed by atoms with E-state index in [0.717, 1.165) is 28.6 Å². The number of amides is 1. The first-order valence-corrected chi connectivity index (χ1v) is 12.8. The van der Waals surface area contributed by atoms with Crippen molar-refractivity contribution in [3.63, 3.8) is 0 Å². The zero-order chi connectivity index (χ0) is 24.7. The Morgan fingerprint density at radius 2 is 2.09 bits per heavy atom. The van der Waals surface area contributed by atoms with E-state index < -0.39 is 5.82 Å². The first-order chi connectivity index (χ1) is 16.9. The third-order valence-corrected chi connectivity index (χ3v) is 7.81. The number of hydrogen-bond acceptors (Lipinski definition) is 5. The first kappa shape index (κ1) is 23.6. The molecule has 3 aromatic carbocycles. The van der Waals surface area contributed by atoms with Crippen molar-refractivity contribution >= 4 is 55.7 Å². The summed E-state index contributed by atoms with van der Waals surface area (Å²) in [7, 11) is 0. The normalized spacial score (nSPS) is 16.3. The SMILES string of the molecule is C=CC(=O)N1CCN(c2snc3c(F)c(-c4cc(O)cc5ccccc45)c(Cl)cc23)C(CCC)C1. The number of anilines is 1. The van der Waals surface area contributed by atoms with Crippen LogP contribution in [0.2, 0.25) is 5.02 Å². The maximum Gasteiger partial charge on any atom is 0.246 e. The second-order valence-corrected chi connectivity index (χ2v) is 9.93. The van der Waals surface area contributed by atoms with Gasteiger partial charge in [-0.15, -0.1) is 0 Å². The highest BCUT2D eigenvalue weighted by molar-refractivity contribution is 7.11. The van der Waals surface area contributed by atoms with Gasteiger partial charge in [0.1, 0.15) is 16.3 Å². The maximum atomic E-state index is 16.0. The molecule has 5 rings (SSSR count). The first-order valence-electron chi connectivity index (χ1n) is 11.6. The van der Waals surface area contributed by atoms with Crippen LogP contribution in [-0.4, -0.2) is 46.0 Å². The van der Waals surface area contributed by atoms with Gasteiger partial charge in [-0.2, -0.15) is 4.37 Å². The Kier molecular flexibility index (Phi) is 6.38. The van der Waals surface area contributed by atoms with Crippen molar-refractivity contribution in [3.05, 3.63) is 66.0 Å². The fourth-order valence-electron chi connectivity index (χ4n) is 4.99. The molecule has 0 radical (unpaired) electrons. The van der Waals surface area contributed by atoms with E-state index in [2.05, 4.69) is 22.8 Å². The van der Waals surface area contributed by atoms with Crippen molar-refractivity contribution in [2.75, 3.05) is 24.5 Å². The fourth-order valence-corrected chi connectivity index (χ4v) is 6.24. The van der Waals surface area contributed by atoms with Crippen molar-refractivity contribution in [1.82, 2.24) is 9.27 Å². The number of phenols is 1. The summed E-state index contributed by atoms with van der Waals surface area (Å²) in [6.45, 7) is 7.49. The second-order valence-electron chi connectivity index (χ2n) is 8.77. The lowest BCUT2D eigenvalue weighted by molar-refractivity contribution is -0.126. The lowest BCUT2D eigenvalue weighted by atomic mass is 9.96. The molecule has 180 valence electrons. The summed E-state index contributed by atoms with van der Waals surface area (Å²) in [6.07, 6.45) is 3.20. The van der Waals surface area contributed by atoms with Gasteiger partial charge < -0.3 is 14.9 Å². The Bertz CT molecular complexity index is 1450. The number of halogens is 2. The average Bonchev–Trinajstić information content (AvgIpc) is 3.27. The quantitative estimate of drug-likeness (QED) is 0.307. The third-order valence-electron chi connectivity index (χ3n) is 6.61. The predicted molar refractivity (Wildman–Crippen MR) is 142 cm³/mol. The number of phenolic OH excluding ortho intramolecular Hbond substituents is 1. The molecule has 8 heteroatoms. The summed E-state index contributed by atoms with van der Waals surface area (Å²) in [5, 5.41) is 13.7. The zero-order valence-corrected chi connectivity index (χ0v) is 20.9. The number of rotatable bonds is 5. The average molecular weight is 510 g/mol. The Hall–Kier alpha value is -3.16. The Labute approximate surface area is 212 Å². The van der Waals surface area contributed by atoms with Crippen LogP contribution < -0.4 is 4.90 Å². The van der Waals surface area contributed by atoms with E-state index in [1.54, 1.807) is 18.2 Å². The number of benzene rings is 3. The van der Waals surface area contributed by atoms with Crippen LogP contribution in [0.1, 0.15) is 19.8 Å². The van der Waals surface area contributed by atoms with Crippen molar-refractivity contribution in [1.29, 1.82) is 0 Å². The van der Waals surface area contributed by atoms with Crippen LogP contribution in [0.15, 0.2) is 55.1 Å². The van der Waals surface area contributed by atoms with E-state index in [1.807, 2.05) is 29.2 Å². The molecule has 1 aliphatic heterocycles. The summed E-state index contributed by atoms with van der Waals surface area (Å²) < 4.78 is 20.5. The maximum absolute atomic E-state index is 16.0. The molecule has 2 heterocycles. The van der Waals surface area contributed by atoms with E-state index in [0.29, 0.717) is 30.6 Å². The van der Waals surface area contributed by atoms with Crippen LogP contribution >= 0.6 is 23.1 Å². The van der Waals surface area contributed by atoms with E-state index >= 15 is 4.39 Å². The Balaban J connectivity index is 1.61. The van der Waals surface area contributed by atoms with E-state index in [9.17, 15) is 9.90 Å². The van der Waals surface area contributed by atoms with Crippen molar-refractivity contribution < 1.29 is 14.3 Å². The molecule has 5 nitrogen and oxygen atoms in total. The Morgan fingerprint density at radius 1 is 1.29 bits per heavy atom. The van der Waals surface area contributed by atoms with Crippen LogP contribution in [0.25, 0.3) is 32.8 Å². The number of aromatic nitrogens is 1. The molecular weight excluding hydrogens is 485 g/mol. The van der Waals surface area contributed by atoms with E-state index in [-0.39, 0.29) is 33.8 Å². The standard InChI is InChI=1S/C27H25ClFN3O2S/c1-3-7-17-15-31(23(34)4-2)10-11-32(17)27-21-14-22(28)24(25(29)26(21)30-35-27)20-13-18(33)12-16-8-5-6-9-19(16)20/h4-6,8-9,12-14,17,33H,2-3,7,10-11,15H2,1H3. The largest absolute Gasteiger partial charge is 0.508 e. The Morgan fingerprint density at radius 3 is 2.86 bits per heavy atom. The van der Waals surface area contributed by atoms with Crippen LogP contribution in [-0.2, 0) is 4.79 Å². The summed E-state index contributed by atoms with van der Waals surface area (Å²) >= 11 is 7.97. The van der Waals surface area contributed by atoms with Gasteiger partial charge in [-0.25, -0.2) is 4.39 Å². The van der Waals surface area contributed by atoms with Gasteiger partial charge in [0.05, 0.1) is 5.02 Å². The second kappa shape index (κ2) is 9.47. The van der Waals surface area contributed by atoms with Crippen molar-refractivity contribution in [2.24, 2.45) is 0 Å². The van der Waals surface area contributed by atoms with E-state index in [4.69, 9.17) is 11.6 Å². The summed E-state index contributed by atoms with van der Waals surface area (Å²) in [5.74, 6) is -0.530. The van der Waals surface area contributed by atoms with Crippen molar-refractivity contribution in [2.45, 2.75) is 25.8 Å². The third kappa shape index (κ3) is 4.13. The monoisotopic (exact) mass is 509 g/mol. The molecule has 1 aromatic heterocycles. The highest BCUT2D eigenvalue weighted by Crippen LogP contribution is 2.44. The van der Waals surface area contributed by atoms with Gasteiger partial charge in [-0.05, 0) is 58.6 Å². The van der Waals surface area contributed by atoms with Gasteiger partial charge in [-0.1, -0.05) is 55.8 Å². The van der Waals surface area contributed by atoms with Gasteiger partial charge in [0.25, 0.3) is 0 Å². The molecule has 1 atom stereocenters. The molecule has 1 aliphatic rings. The minimum Gasteiger partial charge on any atom is -0.508 e. The minimum absolute atomic E-state index is 0.0441. The molecule has 35 heavy (non-hydrogen) atoms. The molecule has 1 N–H and O–H groups in total. The van der Waals surface area contributed by atoms with Crippen molar-refractivity contribution in [3.8, 4) is 16.9 Å². The van der Waals surface area contributed by atoms with E-state index in [1.165, 1.54) is 17.6 Å². The van der Waals surface area contributed by atoms with Gasteiger partial charge in [-0.3, -0.25) is 4.79 Å². The molecule has 0 saturated carbocycles. The van der Waals surface area contributed by atoms with Gasteiger partial charge in [0.2, 0.25) is 5.91 Å². The van der Waals surface area contributed by atoms with Crippen LogP contribution in [0.3, 0.4) is 0 Å². The van der Waals surface area contributed by atoms with Crippen LogP contribution in [0, 0.1) is 5.82 Å². The van der Waals surface area contributed by atoms with Gasteiger partial charge in [0.15, 0.2) is 5.82 Å². The van der Waals surface area contributed by atoms with Gasteiger partial charge >= 0.3 is 0 Å². The fraction of sp³-hybridized carbons (Fsp3) is 0.259. The number of fused-ring (bicyclic) bond motifs is 2. The number of aromatic hydroxyl groups is 1. The molecule has 0 bridgehead atoms. The zero-order valence-electron chi connectivity index (χ0n) is 19.3. The summed E-state index contributed by atoms with van der Waals surface area (Å²) in [6, 6.07) is 12.6. The number of nitrogens with zero attached hydrogens (tertiary/aromatic N) is 3. The molecule has 0 spiro atoms. The molecule has 4 aromatic rings. The summed E-state index contributed by atoms with van der Waals surface area (Å²) in [4.78, 5) is 16.2. The number of carbonyl (C=O) groups excluding carboxylic acids is 1. The molecular formula is C27H25ClFN3O2S. The molecule has 1 amide bonds. The topological polar surface area (TPSA) is 56.7 Å². The lowest BCUT2D eigenvalue weighted by Crippen LogP contribution is -2.54. The molecule has 1 unspecified atom stereocenters. The van der Waals surface area contributed by atoms with Crippen LogP contribution in [0.5, 0.6) is 5.75 Å². The minimum atomic E-state index is -0.502. The number of carbonyl (C=O) groups is 1. The number of piperazine rings is 1. The number of hydrogen-bond donors (Lipinski definition) is 1. The smallest absolute Gasteiger partial charge is 0.246 e.